The zero-order chi connectivity index (χ0) is 36.5. The van der Waals surface area contributed by atoms with Crippen LogP contribution in [0.25, 0.3) is 104 Å². The zero-order valence-electron chi connectivity index (χ0n) is 30.2. The first kappa shape index (κ1) is 31.9. The van der Waals surface area contributed by atoms with Crippen LogP contribution < -0.4 is 0 Å². The van der Waals surface area contributed by atoms with Gasteiger partial charge in [0.15, 0.2) is 11.6 Å². The molecule has 0 aliphatic heterocycles. The van der Waals surface area contributed by atoms with E-state index in [4.69, 9.17) is 19.4 Å². The van der Waals surface area contributed by atoms with Crippen molar-refractivity contribution in [3.05, 3.63) is 157 Å². The summed E-state index contributed by atoms with van der Waals surface area (Å²) in [6, 6.07) is 53.6. The topological polar surface area (TPSA) is 56.7 Å². The zero-order valence-corrected chi connectivity index (χ0v) is 31.0. The first-order valence-electron chi connectivity index (χ1n) is 18.9. The van der Waals surface area contributed by atoms with Crippen molar-refractivity contribution in [1.29, 1.82) is 0 Å². The number of aromatic nitrogens is 4. The maximum Gasteiger partial charge on any atom is 0.238 e. The summed E-state index contributed by atoms with van der Waals surface area (Å²) in [6.07, 6.45) is 3.28. The van der Waals surface area contributed by atoms with E-state index in [1.165, 1.54) is 25.7 Å². The number of furan rings is 1. The third kappa shape index (κ3) is 5.09. The second-order valence-corrected chi connectivity index (χ2v) is 15.2. The minimum atomic E-state index is 0.581. The van der Waals surface area contributed by atoms with Gasteiger partial charge < -0.3 is 4.42 Å². The molecule has 262 valence electrons. The van der Waals surface area contributed by atoms with E-state index < -0.39 is 0 Å². The van der Waals surface area contributed by atoms with Gasteiger partial charge in [-0.3, -0.25) is 4.57 Å². The molecule has 11 rings (SSSR count). The molecule has 0 saturated carbocycles. The first-order valence-corrected chi connectivity index (χ1v) is 19.7. The van der Waals surface area contributed by atoms with E-state index in [0.717, 1.165) is 85.3 Å². The first-order chi connectivity index (χ1) is 27.2. The highest BCUT2D eigenvalue weighted by Gasteiger charge is 2.21. The second kappa shape index (κ2) is 12.8. The van der Waals surface area contributed by atoms with Gasteiger partial charge in [-0.05, 0) is 59.9 Å². The SMILES string of the molecule is CCCCc1cccc2c1oc1cccc(-c3ccc4c5ccccc5n(-c5nc(-c6ccccc6)nc(-c6cccc7c6sc6ccccc67)n5)c4c3)c12. The Hall–Kier alpha value is -6.63. The molecule has 0 amide bonds. The van der Waals surface area contributed by atoms with Crippen molar-refractivity contribution in [3.8, 4) is 39.9 Å². The van der Waals surface area contributed by atoms with Crippen LogP contribution in [0, 0.1) is 0 Å². The summed E-state index contributed by atoms with van der Waals surface area (Å²) in [5, 5.41) is 7.04. The van der Waals surface area contributed by atoms with E-state index in [2.05, 4.69) is 145 Å². The summed E-state index contributed by atoms with van der Waals surface area (Å²) < 4.78 is 11.2. The predicted molar refractivity (Wildman–Crippen MR) is 229 cm³/mol. The number of fused-ring (bicyclic) bond motifs is 9. The van der Waals surface area contributed by atoms with Crippen LogP contribution in [0.15, 0.2) is 156 Å². The molecule has 0 unspecified atom stereocenters. The summed E-state index contributed by atoms with van der Waals surface area (Å²) in [7, 11) is 0. The van der Waals surface area contributed by atoms with Crippen LogP contribution in [0.5, 0.6) is 0 Å². The molecule has 0 spiro atoms. The van der Waals surface area contributed by atoms with Crippen LogP contribution >= 0.6 is 11.3 Å². The number of rotatable bonds is 7. The van der Waals surface area contributed by atoms with Crippen LogP contribution in [-0.2, 0) is 6.42 Å². The molecule has 4 aromatic heterocycles. The summed E-state index contributed by atoms with van der Waals surface area (Å²) in [5.74, 6) is 1.86. The molecule has 0 atom stereocenters. The largest absolute Gasteiger partial charge is 0.456 e. The summed E-state index contributed by atoms with van der Waals surface area (Å²) in [6.45, 7) is 2.23. The lowest BCUT2D eigenvalue weighted by atomic mass is 9.97. The van der Waals surface area contributed by atoms with E-state index in [1.54, 1.807) is 11.3 Å². The molecule has 0 radical (unpaired) electrons. The highest BCUT2D eigenvalue weighted by atomic mass is 32.1. The van der Waals surface area contributed by atoms with Gasteiger partial charge in [-0.25, -0.2) is 4.98 Å². The molecule has 0 aliphatic rings. The van der Waals surface area contributed by atoms with Crippen LogP contribution in [0.1, 0.15) is 25.3 Å². The molecule has 11 aromatic rings. The Labute approximate surface area is 321 Å². The van der Waals surface area contributed by atoms with Gasteiger partial charge in [-0.15, -0.1) is 11.3 Å². The number of hydrogen-bond acceptors (Lipinski definition) is 5. The Morgan fingerprint density at radius 2 is 1.29 bits per heavy atom. The fourth-order valence-electron chi connectivity index (χ4n) is 8.29. The number of para-hydroxylation sites is 2. The van der Waals surface area contributed by atoms with Crippen molar-refractivity contribution < 1.29 is 4.42 Å². The molecule has 0 N–H and O–H groups in total. The molecular weight excluding hydrogens is 693 g/mol. The third-order valence-electron chi connectivity index (χ3n) is 10.9. The third-order valence-corrected chi connectivity index (χ3v) is 12.1. The lowest BCUT2D eigenvalue weighted by Crippen LogP contribution is -2.06. The van der Waals surface area contributed by atoms with Crippen molar-refractivity contribution in [2.45, 2.75) is 26.2 Å². The predicted octanol–water partition coefficient (Wildman–Crippen LogP) is 13.6. The monoisotopic (exact) mass is 726 g/mol. The Bertz CT molecular complexity index is 3260. The Kier molecular flexibility index (Phi) is 7.39. The van der Waals surface area contributed by atoms with Crippen molar-refractivity contribution in [2.24, 2.45) is 0 Å². The van der Waals surface area contributed by atoms with E-state index in [9.17, 15) is 0 Å². The maximum absolute atomic E-state index is 6.60. The summed E-state index contributed by atoms with van der Waals surface area (Å²) >= 11 is 1.78. The van der Waals surface area contributed by atoms with Gasteiger partial charge >= 0.3 is 0 Å². The summed E-state index contributed by atoms with van der Waals surface area (Å²) in [4.78, 5) is 15.8. The molecule has 0 fully saturated rings. The highest BCUT2D eigenvalue weighted by molar-refractivity contribution is 7.26. The molecule has 5 nitrogen and oxygen atoms in total. The van der Waals surface area contributed by atoms with Crippen LogP contribution in [0.3, 0.4) is 0 Å². The van der Waals surface area contributed by atoms with Gasteiger partial charge in [0.1, 0.15) is 11.2 Å². The van der Waals surface area contributed by atoms with E-state index in [0.29, 0.717) is 17.6 Å². The maximum atomic E-state index is 6.60. The van der Waals surface area contributed by atoms with E-state index >= 15 is 0 Å². The number of nitrogens with zero attached hydrogens (tertiary/aromatic N) is 4. The molecule has 7 aromatic carbocycles. The molecular formula is C49H34N4OS. The number of aryl methyl sites for hydroxylation is 1. The minimum absolute atomic E-state index is 0.581. The van der Waals surface area contributed by atoms with E-state index in [-0.39, 0.29) is 0 Å². The quantitative estimate of drug-likeness (QED) is 0.164. The molecule has 55 heavy (non-hydrogen) atoms. The van der Waals surface area contributed by atoms with E-state index in [1.807, 2.05) is 18.2 Å². The van der Waals surface area contributed by atoms with Gasteiger partial charge in [-0.1, -0.05) is 135 Å². The number of thiophene rings is 1. The lowest BCUT2D eigenvalue weighted by Gasteiger charge is -2.12. The van der Waals surface area contributed by atoms with Crippen molar-refractivity contribution in [3.63, 3.8) is 0 Å². The van der Waals surface area contributed by atoms with Gasteiger partial charge in [0.05, 0.1) is 11.0 Å². The number of unbranched alkanes of at least 4 members (excludes halogenated alkanes) is 1. The van der Waals surface area contributed by atoms with Crippen molar-refractivity contribution in [1.82, 2.24) is 19.5 Å². The molecule has 6 heteroatoms. The fourth-order valence-corrected chi connectivity index (χ4v) is 9.50. The van der Waals surface area contributed by atoms with Crippen LogP contribution in [0.4, 0.5) is 0 Å². The second-order valence-electron chi connectivity index (χ2n) is 14.2. The summed E-state index contributed by atoms with van der Waals surface area (Å²) in [5.41, 5.74) is 9.42. The molecule has 0 aliphatic carbocycles. The number of benzene rings is 7. The molecule has 0 saturated heterocycles. The van der Waals surface area contributed by atoms with Crippen LogP contribution in [0.2, 0.25) is 0 Å². The minimum Gasteiger partial charge on any atom is -0.456 e. The van der Waals surface area contributed by atoms with Crippen LogP contribution in [-0.4, -0.2) is 19.5 Å². The fraction of sp³-hybridized carbons (Fsp3) is 0.0816. The lowest BCUT2D eigenvalue weighted by molar-refractivity contribution is 0.658. The Balaban J connectivity index is 1.17. The van der Waals surface area contributed by atoms with Gasteiger partial charge in [-0.2, -0.15) is 9.97 Å². The van der Waals surface area contributed by atoms with Gasteiger partial charge in [0, 0.05) is 52.8 Å². The standard InChI is InChI=1S/C49H34N4OS/c1-2-3-14-30-17-11-22-38-44-33(20-13-25-42(44)54-45(30)38)32-27-28-35-34-18-7-9-24-40(34)53(41(35)29-32)49-51-47(31-15-5-4-6-16-31)50-48(52-49)39-23-12-21-37-36-19-8-10-26-43(36)55-46(37)39/h4-13,15-29H,2-3,14H2,1H3. The smallest absolute Gasteiger partial charge is 0.238 e. The highest BCUT2D eigenvalue weighted by Crippen LogP contribution is 2.42. The molecule has 4 heterocycles. The number of hydrogen-bond donors (Lipinski definition) is 0. The average Bonchev–Trinajstić information content (AvgIpc) is 3.93. The normalized spacial score (nSPS) is 11.9. The Morgan fingerprint density at radius 3 is 2.20 bits per heavy atom. The average molecular weight is 727 g/mol. The van der Waals surface area contributed by atoms with Gasteiger partial charge in [0.25, 0.3) is 0 Å². The van der Waals surface area contributed by atoms with Gasteiger partial charge in [0.2, 0.25) is 5.95 Å². The van der Waals surface area contributed by atoms with Crippen molar-refractivity contribution >= 4 is 75.3 Å². The Morgan fingerprint density at radius 1 is 0.564 bits per heavy atom. The van der Waals surface area contributed by atoms with Crippen molar-refractivity contribution in [2.75, 3.05) is 0 Å². The molecule has 0 bridgehead atoms.